The Morgan fingerprint density at radius 2 is 1.80 bits per heavy atom. The predicted molar refractivity (Wildman–Crippen MR) is 155 cm³/mol. The number of imidazole rings is 1. The number of benzene rings is 2. The van der Waals surface area contributed by atoms with Crippen molar-refractivity contribution in [3.05, 3.63) is 71.2 Å². The lowest BCUT2D eigenvalue weighted by molar-refractivity contribution is 0.0850. The van der Waals surface area contributed by atoms with Crippen LogP contribution in [0.1, 0.15) is 0 Å². The van der Waals surface area contributed by atoms with Crippen LogP contribution in [0.25, 0.3) is 39.3 Å². The summed E-state index contributed by atoms with van der Waals surface area (Å²) in [5.74, 6) is -0.0215. The third kappa shape index (κ3) is 5.19. The van der Waals surface area contributed by atoms with E-state index in [1.165, 1.54) is 16.7 Å². The molecule has 6 rings (SSSR count). The van der Waals surface area contributed by atoms with Gasteiger partial charge in [-0.3, -0.25) is 4.40 Å². The minimum atomic E-state index is -1.24. The standard InChI is InChI=1S/C29H32FN5O4Si/c1-40(2,3)17-16-38-19-35-23-9-6-21(18-24(23)39-29(35)36)26-25(20-4-7-22(30)8-5-20)32-28-27(31-10-11-34(26)28)33-12-14-37-15-13-33/h4-11,18H,12-17,19H2,1-3H3. The maximum atomic E-state index is 13.8. The van der Waals surface area contributed by atoms with Crippen molar-refractivity contribution in [1.82, 2.24) is 18.9 Å². The van der Waals surface area contributed by atoms with Crippen LogP contribution >= 0.6 is 0 Å². The summed E-state index contributed by atoms with van der Waals surface area (Å²) in [6, 6.07) is 13.0. The van der Waals surface area contributed by atoms with Crippen LogP contribution in [0.2, 0.25) is 25.7 Å². The second-order valence-electron chi connectivity index (χ2n) is 11.2. The fraction of sp³-hybridized carbons (Fsp3) is 0.345. The molecule has 0 aliphatic carbocycles. The molecule has 0 atom stereocenters. The molecule has 0 spiro atoms. The molecule has 1 aliphatic heterocycles. The first-order valence-corrected chi connectivity index (χ1v) is 17.2. The molecule has 0 radical (unpaired) electrons. The fourth-order valence-corrected chi connectivity index (χ4v) is 5.67. The van der Waals surface area contributed by atoms with Crippen LogP contribution in [0.4, 0.5) is 10.2 Å². The quantitative estimate of drug-likeness (QED) is 0.189. The molecule has 4 heterocycles. The van der Waals surface area contributed by atoms with Crippen molar-refractivity contribution in [3.63, 3.8) is 0 Å². The van der Waals surface area contributed by atoms with Crippen LogP contribution < -0.4 is 10.7 Å². The predicted octanol–water partition coefficient (Wildman–Crippen LogP) is 5.26. The van der Waals surface area contributed by atoms with Crippen LogP contribution in [0.3, 0.4) is 0 Å². The second-order valence-corrected chi connectivity index (χ2v) is 16.8. The number of hydrogen-bond donors (Lipinski definition) is 0. The van der Waals surface area contributed by atoms with Gasteiger partial charge in [0.1, 0.15) is 12.5 Å². The molecule has 0 saturated carbocycles. The fourth-order valence-electron chi connectivity index (χ4n) is 4.92. The summed E-state index contributed by atoms with van der Waals surface area (Å²) in [7, 11) is -1.24. The zero-order chi connectivity index (χ0) is 27.9. The second kappa shape index (κ2) is 10.6. The number of rotatable bonds is 8. The highest BCUT2D eigenvalue weighted by Gasteiger charge is 2.23. The van der Waals surface area contributed by atoms with E-state index in [9.17, 15) is 9.18 Å². The van der Waals surface area contributed by atoms with Gasteiger partial charge in [-0.05, 0) is 42.4 Å². The van der Waals surface area contributed by atoms with E-state index < -0.39 is 13.8 Å². The summed E-state index contributed by atoms with van der Waals surface area (Å²) in [5.41, 5.74) is 4.85. The zero-order valence-corrected chi connectivity index (χ0v) is 23.9. The number of nitrogens with zero attached hydrogens (tertiary/aromatic N) is 5. The summed E-state index contributed by atoms with van der Waals surface area (Å²) in [6.45, 7) is 10.3. The molecule has 1 saturated heterocycles. The largest absolute Gasteiger partial charge is 0.421 e. The number of fused-ring (bicyclic) bond motifs is 2. The SMILES string of the molecule is C[Si](C)(C)CCOCn1c(=O)oc2cc(-c3c(-c4ccc(F)cc4)nc4c(N5CCOCC5)nccn34)ccc21. The van der Waals surface area contributed by atoms with Gasteiger partial charge in [-0.2, -0.15) is 0 Å². The Hall–Kier alpha value is -3.80. The third-order valence-corrected chi connectivity index (χ3v) is 8.81. The number of halogens is 1. The van der Waals surface area contributed by atoms with Gasteiger partial charge in [0.05, 0.1) is 30.1 Å². The number of ether oxygens (including phenoxy) is 2. The summed E-state index contributed by atoms with van der Waals surface area (Å²) in [6.07, 6.45) is 3.62. The van der Waals surface area contributed by atoms with Crippen molar-refractivity contribution in [2.24, 2.45) is 0 Å². The van der Waals surface area contributed by atoms with Crippen LogP contribution in [0.15, 0.2) is 64.1 Å². The lowest BCUT2D eigenvalue weighted by Crippen LogP contribution is -2.37. The number of anilines is 1. The van der Waals surface area contributed by atoms with Gasteiger partial charge in [0.25, 0.3) is 0 Å². The molecule has 5 aromatic rings. The topological polar surface area (TPSA) is 87.0 Å². The van der Waals surface area contributed by atoms with E-state index in [-0.39, 0.29) is 12.5 Å². The monoisotopic (exact) mass is 561 g/mol. The molecule has 1 fully saturated rings. The highest BCUT2D eigenvalue weighted by molar-refractivity contribution is 6.76. The Balaban J connectivity index is 1.44. The molecular formula is C29H32FN5O4Si. The van der Waals surface area contributed by atoms with Gasteiger partial charge < -0.3 is 18.8 Å². The number of oxazole rings is 1. The highest BCUT2D eigenvalue weighted by Crippen LogP contribution is 2.36. The van der Waals surface area contributed by atoms with Crippen molar-refractivity contribution in [2.75, 3.05) is 37.8 Å². The molecule has 3 aromatic heterocycles. The number of morpholine rings is 1. The van der Waals surface area contributed by atoms with Crippen molar-refractivity contribution >= 4 is 30.6 Å². The Morgan fingerprint density at radius 3 is 2.55 bits per heavy atom. The first-order valence-electron chi connectivity index (χ1n) is 13.5. The van der Waals surface area contributed by atoms with Crippen LogP contribution in [0, 0.1) is 5.82 Å². The Morgan fingerprint density at radius 1 is 1.05 bits per heavy atom. The number of aromatic nitrogens is 4. The van der Waals surface area contributed by atoms with E-state index in [0.29, 0.717) is 55.4 Å². The Labute approximate surface area is 231 Å². The van der Waals surface area contributed by atoms with E-state index in [2.05, 4.69) is 29.5 Å². The summed E-state index contributed by atoms with van der Waals surface area (Å²) < 4.78 is 34.3. The van der Waals surface area contributed by atoms with Gasteiger partial charge in [-0.1, -0.05) is 25.7 Å². The molecule has 2 aromatic carbocycles. The Kier molecular flexibility index (Phi) is 7.03. The molecule has 0 amide bonds. The van der Waals surface area contributed by atoms with E-state index in [1.807, 2.05) is 28.8 Å². The minimum Gasteiger partial charge on any atom is -0.408 e. The smallest absolute Gasteiger partial charge is 0.408 e. The van der Waals surface area contributed by atoms with Gasteiger partial charge in [-0.25, -0.2) is 23.7 Å². The molecule has 0 unspecified atom stereocenters. The van der Waals surface area contributed by atoms with Gasteiger partial charge in [0, 0.05) is 51.3 Å². The normalized spacial score (nSPS) is 14.4. The average Bonchev–Trinajstić information content (AvgIpc) is 3.48. The molecule has 9 nitrogen and oxygen atoms in total. The maximum Gasteiger partial charge on any atom is 0.421 e. The maximum absolute atomic E-state index is 13.8. The van der Waals surface area contributed by atoms with Gasteiger partial charge in [0.15, 0.2) is 17.0 Å². The average molecular weight is 562 g/mol. The van der Waals surface area contributed by atoms with Crippen molar-refractivity contribution in [3.8, 4) is 22.5 Å². The summed E-state index contributed by atoms with van der Waals surface area (Å²) >= 11 is 0. The van der Waals surface area contributed by atoms with E-state index >= 15 is 0 Å². The van der Waals surface area contributed by atoms with E-state index in [0.717, 1.165) is 28.7 Å². The van der Waals surface area contributed by atoms with Crippen molar-refractivity contribution < 1.29 is 18.3 Å². The Bertz CT molecular complexity index is 1720. The minimum absolute atomic E-state index is 0.140. The molecular weight excluding hydrogens is 529 g/mol. The van der Waals surface area contributed by atoms with Gasteiger partial charge >= 0.3 is 5.76 Å². The van der Waals surface area contributed by atoms with Crippen LogP contribution in [-0.2, 0) is 16.2 Å². The highest BCUT2D eigenvalue weighted by atomic mass is 28.3. The van der Waals surface area contributed by atoms with Crippen LogP contribution in [0.5, 0.6) is 0 Å². The van der Waals surface area contributed by atoms with Crippen molar-refractivity contribution in [1.29, 1.82) is 0 Å². The van der Waals surface area contributed by atoms with Crippen LogP contribution in [-0.4, -0.2) is 59.9 Å². The summed E-state index contributed by atoms with van der Waals surface area (Å²) in [4.78, 5) is 24.6. The van der Waals surface area contributed by atoms with Gasteiger partial charge in [-0.15, -0.1) is 0 Å². The molecule has 1 aliphatic rings. The summed E-state index contributed by atoms with van der Waals surface area (Å²) in [5, 5.41) is 0. The van der Waals surface area contributed by atoms with Crippen molar-refractivity contribution in [2.45, 2.75) is 32.4 Å². The van der Waals surface area contributed by atoms with E-state index in [4.69, 9.17) is 18.9 Å². The first kappa shape index (κ1) is 26.4. The third-order valence-electron chi connectivity index (χ3n) is 7.11. The van der Waals surface area contributed by atoms with Gasteiger partial charge in [0.2, 0.25) is 0 Å². The molecule has 208 valence electrons. The molecule has 0 N–H and O–H groups in total. The lowest BCUT2D eigenvalue weighted by atomic mass is 10.0. The molecule has 0 bridgehead atoms. The van der Waals surface area contributed by atoms with E-state index in [1.54, 1.807) is 18.3 Å². The number of hydrogen-bond acceptors (Lipinski definition) is 7. The molecule has 11 heteroatoms. The lowest BCUT2D eigenvalue weighted by Gasteiger charge is -2.27. The first-order chi connectivity index (χ1) is 19.3. The molecule has 40 heavy (non-hydrogen) atoms. The zero-order valence-electron chi connectivity index (χ0n) is 22.9.